The van der Waals surface area contributed by atoms with Crippen LogP contribution < -0.4 is 0 Å². The van der Waals surface area contributed by atoms with Gasteiger partial charge in [0.15, 0.2) is 8.32 Å². The van der Waals surface area contributed by atoms with Gasteiger partial charge in [0.2, 0.25) is 0 Å². The maximum Gasteiger partial charge on any atom is 0.480 e. The molecule has 0 amide bonds. The highest BCUT2D eigenvalue weighted by Crippen LogP contribution is 2.37. The molecule has 15 heavy (non-hydrogen) atoms. The zero-order valence-electron chi connectivity index (χ0n) is 10.6. The SMILES string of the molecule is CC(/C=C/B(O)O)O[Si](C)(C)C(C)(C)C. The van der Waals surface area contributed by atoms with Crippen LogP contribution >= 0.6 is 0 Å². The fourth-order valence-electron chi connectivity index (χ4n) is 0.937. The van der Waals surface area contributed by atoms with Crippen LogP contribution in [0.2, 0.25) is 18.1 Å². The van der Waals surface area contributed by atoms with Crippen LogP contribution in [0.25, 0.3) is 0 Å². The minimum atomic E-state index is -1.75. The van der Waals surface area contributed by atoms with E-state index in [1.807, 2.05) is 6.92 Å². The monoisotopic (exact) mass is 230 g/mol. The summed E-state index contributed by atoms with van der Waals surface area (Å²) in [4.78, 5) is 0. The first kappa shape index (κ1) is 14.9. The Morgan fingerprint density at radius 1 is 1.27 bits per heavy atom. The summed E-state index contributed by atoms with van der Waals surface area (Å²) in [5.74, 6) is 1.33. The van der Waals surface area contributed by atoms with E-state index in [9.17, 15) is 0 Å². The van der Waals surface area contributed by atoms with E-state index in [4.69, 9.17) is 14.5 Å². The molecule has 0 bridgehead atoms. The second kappa shape index (κ2) is 5.30. The number of hydrogen-bond acceptors (Lipinski definition) is 3. The minimum Gasteiger partial charge on any atom is -0.424 e. The topological polar surface area (TPSA) is 49.7 Å². The Hall–Kier alpha value is -0.0982. The highest BCUT2D eigenvalue weighted by Gasteiger charge is 2.37. The van der Waals surface area contributed by atoms with Crippen molar-refractivity contribution in [3.63, 3.8) is 0 Å². The third-order valence-corrected chi connectivity index (χ3v) is 7.41. The Morgan fingerprint density at radius 3 is 2.07 bits per heavy atom. The summed E-state index contributed by atoms with van der Waals surface area (Å²) in [5, 5.41) is 17.5. The molecular weight excluding hydrogens is 207 g/mol. The molecule has 0 spiro atoms. The van der Waals surface area contributed by atoms with E-state index in [2.05, 4.69) is 33.9 Å². The van der Waals surface area contributed by atoms with Crippen LogP contribution in [0.5, 0.6) is 0 Å². The van der Waals surface area contributed by atoms with Gasteiger partial charge in [-0.25, -0.2) is 0 Å². The average Bonchev–Trinajstić information content (AvgIpc) is 1.97. The molecule has 1 unspecified atom stereocenters. The molecule has 0 fully saturated rings. The molecular formula is C10H23BO3Si. The van der Waals surface area contributed by atoms with Crippen molar-refractivity contribution in [2.24, 2.45) is 0 Å². The normalized spacial score (nSPS) is 15.7. The maximum absolute atomic E-state index is 8.68. The van der Waals surface area contributed by atoms with Gasteiger partial charge < -0.3 is 14.5 Å². The molecule has 0 rings (SSSR count). The van der Waals surface area contributed by atoms with Crippen molar-refractivity contribution in [2.75, 3.05) is 0 Å². The van der Waals surface area contributed by atoms with Crippen LogP contribution in [0, 0.1) is 0 Å². The lowest BCUT2D eigenvalue weighted by atomic mass is 9.91. The first-order chi connectivity index (χ1) is 6.56. The molecule has 0 heterocycles. The van der Waals surface area contributed by atoms with Crippen LogP contribution in [0.3, 0.4) is 0 Å². The Bertz CT molecular complexity index is 221. The molecule has 3 nitrogen and oxygen atoms in total. The summed E-state index contributed by atoms with van der Waals surface area (Å²) in [5.41, 5.74) is 0. The second-order valence-corrected chi connectivity index (χ2v) is 10.1. The molecule has 0 aliphatic heterocycles. The Balaban J connectivity index is 4.35. The second-order valence-electron chi connectivity index (χ2n) is 5.38. The average molecular weight is 230 g/mol. The van der Waals surface area contributed by atoms with Crippen molar-refractivity contribution < 1.29 is 14.5 Å². The van der Waals surface area contributed by atoms with Gasteiger partial charge in [-0.2, -0.15) is 0 Å². The van der Waals surface area contributed by atoms with E-state index in [1.54, 1.807) is 6.08 Å². The molecule has 0 saturated carbocycles. The lowest BCUT2D eigenvalue weighted by molar-refractivity contribution is 0.243. The number of rotatable bonds is 4. The summed E-state index contributed by atoms with van der Waals surface area (Å²) in [6.07, 6.45) is 1.61. The lowest BCUT2D eigenvalue weighted by Gasteiger charge is -2.37. The van der Waals surface area contributed by atoms with Crippen LogP contribution in [0.4, 0.5) is 0 Å². The van der Waals surface area contributed by atoms with Gasteiger partial charge in [-0.15, -0.1) is 0 Å². The molecule has 0 aromatic rings. The third kappa shape index (κ3) is 5.51. The standard InChI is InChI=1S/C10H23BO3Si/c1-9(7-8-11(12)13)14-15(5,6)10(2,3)4/h7-9,12-13H,1-6H3/b8-7+. The van der Waals surface area contributed by atoms with E-state index in [0.717, 1.165) is 0 Å². The summed E-state index contributed by atoms with van der Waals surface area (Å²) in [6.45, 7) is 12.8. The minimum absolute atomic E-state index is 0.0762. The molecule has 0 aliphatic rings. The van der Waals surface area contributed by atoms with Crippen LogP contribution in [0.15, 0.2) is 12.1 Å². The zero-order valence-corrected chi connectivity index (χ0v) is 11.6. The van der Waals surface area contributed by atoms with Gasteiger partial charge in [-0.3, -0.25) is 0 Å². The Labute approximate surface area is 94.4 Å². The fraction of sp³-hybridized carbons (Fsp3) is 0.800. The molecule has 0 saturated heterocycles. The van der Waals surface area contributed by atoms with Crippen molar-refractivity contribution in [3.8, 4) is 0 Å². The maximum atomic E-state index is 8.68. The van der Waals surface area contributed by atoms with E-state index in [1.165, 1.54) is 5.98 Å². The summed E-state index contributed by atoms with van der Waals surface area (Å²) < 4.78 is 5.98. The van der Waals surface area contributed by atoms with Gasteiger partial charge in [0.05, 0.1) is 6.10 Å². The van der Waals surface area contributed by atoms with Crippen molar-refractivity contribution in [1.82, 2.24) is 0 Å². The Kier molecular flexibility index (Phi) is 5.26. The van der Waals surface area contributed by atoms with E-state index >= 15 is 0 Å². The highest BCUT2D eigenvalue weighted by molar-refractivity contribution is 6.74. The molecule has 0 aliphatic carbocycles. The molecule has 0 aromatic carbocycles. The van der Waals surface area contributed by atoms with E-state index in [-0.39, 0.29) is 11.1 Å². The Morgan fingerprint density at radius 2 is 1.73 bits per heavy atom. The molecule has 1 atom stereocenters. The predicted octanol–water partition coefficient (Wildman–Crippen LogP) is 1.96. The smallest absolute Gasteiger partial charge is 0.424 e. The van der Waals surface area contributed by atoms with Crippen molar-refractivity contribution >= 4 is 15.4 Å². The predicted molar refractivity (Wildman–Crippen MR) is 67.1 cm³/mol. The summed E-state index contributed by atoms with van der Waals surface area (Å²) in [6, 6.07) is 0. The lowest BCUT2D eigenvalue weighted by Crippen LogP contribution is -2.42. The quantitative estimate of drug-likeness (QED) is 0.726. The van der Waals surface area contributed by atoms with Crippen LogP contribution in [0.1, 0.15) is 27.7 Å². The van der Waals surface area contributed by atoms with Gasteiger partial charge in [0, 0.05) is 0 Å². The zero-order chi connectivity index (χ0) is 12.3. The van der Waals surface area contributed by atoms with Gasteiger partial charge in [0.25, 0.3) is 0 Å². The van der Waals surface area contributed by atoms with Crippen LogP contribution in [-0.2, 0) is 4.43 Å². The highest BCUT2D eigenvalue weighted by atomic mass is 28.4. The van der Waals surface area contributed by atoms with E-state index < -0.39 is 15.4 Å². The first-order valence-electron chi connectivity index (χ1n) is 5.28. The van der Waals surface area contributed by atoms with Gasteiger partial charge in [0.1, 0.15) is 0 Å². The first-order valence-corrected chi connectivity index (χ1v) is 8.19. The van der Waals surface area contributed by atoms with Gasteiger partial charge >= 0.3 is 7.12 Å². The molecule has 0 radical (unpaired) electrons. The summed E-state index contributed by atoms with van der Waals surface area (Å²) >= 11 is 0. The molecule has 0 aromatic heterocycles. The fourth-order valence-corrected chi connectivity index (χ4v) is 2.30. The molecule has 2 N–H and O–H groups in total. The largest absolute Gasteiger partial charge is 0.480 e. The molecule has 5 heteroatoms. The van der Waals surface area contributed by atoms with Crippen LogP contribution in [-0.4, -0.2) is 31.6 Å². The van der Waals surface area contributed by atoms with Crippen molar-refractivity contribution in [2.45, 2.75) is 51.9 Å². The molecule has 88 valence electrons. The van der Waals surface area contributed by atoms with Crippen molar-refractivity contribution in [3.05, 3.63) is 12.1 Å². The number of hydrogen-bond donors (Lipinski definition) is 2. The third-order valence-electron chi connectivity index (χ3n) is 2.84. The van der Waals surface area contributed by atoms with E-state index in [0.29, 0.717) is 0 Å². The summed E-state index contributed by atoms with van der Waals surface area (Å²) in [7, 11) is -3.15. The van der Waals surface area contributed by atoms with Gasteiger partial charge in [-0.1, -0.05) is 32.8 Å². The van der Waals surface area contributed by atoms with Gasteiger partial charge in [-0.05, 0) is 25.1 Å². The van der Waals surface area contributed by atoms with Crippen molar-refractivity contribution in [1.29, 1.82) is 0 Å².